The Morgan fingerprint density at radius 2 is 2.00 bits per heavy atom. The summed E-state index contributed by atoms with van der Waals surface area (Å²) in [5, 5.41) is 3.40. The van der Waals surface area contributed by atoms with Gasteiger partial charge in [0.1, 0.15) is 11.9 Å². The van der Waals surface area contributed by atoms with Gasteiger partial charge in [0.2, 0.25) is 5.88 Å². The van der Waals surface area contributed by atoms with Crippen LogP contribution in [0.5, 0.6) is 5.88 Å². The Bertz CT molecular complexity index is 510. The van der Waals surface area contributed by atoms with Gasteiger partial charge in [-0.1, -0.05) is 0 Å². The molecule has 0 amide bonds. The van der Waals surface area contributed by atoms with E-state index in [1.54, 1.807) is 0 Å². The fourth-order valence-electron chi connectivity index (χ4n) is 3.13. The van der Waals surface area contributed by atoms with Gasteiger partial charge >= 0.3 is 0 Å². The van der Waals surface area contributed by atoms with Crippen LogP contribution in [0.3, 0.4) is 0 Å². The number of nitrogens with one attached hydrogen (secondary N) is 1. The van der Waals surface area contributed by atoms with Crippen LogP contribution in [0.25, 0.3) is 0 Å². The topological polar surface area (TPSA) is 56.3 Å². The average molecular weight is 289 g/mol. The summed E-state index contributed by atoms with van der Waals surface area (Å²) in [5.74, 6) is 2.39. The zero-order valence-electron chi connectivity index (χ0n) is 12.4. The Balaban J connectivity index is 1.64. The van der Waals surface area contributed by atoms with Gasteiger partial charge in [-0.15, -0.1) is 0 Å². The minimum atomic E-state index is 0.244. The lowest BCUT2D eigenvalue weighted by atomic mass is 10.1. The molecule has 1 saturated heterocycles. The van der Waals surface area contributed by atoms with Crippen molar-refractivity contribution in [2.75, 3.05) is 26.3 Å². The molecule has 0 bridgehead atoms. The number of hydrogen-bond acceptors (Lipinski definition) is 5. The molecule has 3 aliphatic rings. The lowest BCUT2D eigenvalue weighted by Gasteiger charge is -2.25. The van der Waals surface area contributed by atoms with E-state index in [9.17, 15) is 0 Å². The van der Waals surface area contributed by atoms with E-state index in [0.29, 0.717) is 5.92 Å². The number of rotatable bonds is 3. The fraction of sp³-hybridized carbons (Fsp3) is 0.750. The lowest BCUT2D eigenvalue weighted by Crippen LogP contribution is -2.37. The number of piperidine rings is 1. The SMILES string of the molecule is C1CNCC(Oc2nc(C3CC3)nc3c2CCOCC3)C1. The zero-order chi connectivity index (χ0) is 14.1. The third kappa shape index (κ3) is 3.04. The third-order valence-corrected chi connectivity index (χ3v) is 4.52. The number of nitrogens with zero attached hydrogens (tertiary/aromatic N) is 2. The van der Waals surface area contributed by atoms with Gasteiger partial charge in [0, 0.05) is 30.9 Å². The normalized spacial score (nSPS) is 26.0. The predicted molar refractivity (Wildman–Crippen MR) is 78.8 cm³/mol. The molecular weight excluding hydrogens is 266 g/mol. The van der Waals surface area contributed by atoms with Crippen LogP contribution < -0.4 is 10.1 Å². The molecule has 1 unspecified atom stereocenters. The van der Waals surface area contributed by atoms with E-state index in [1.165, 1.54) is 24.8 Å². The Labute approximate surface area is 125 Å². The second-order valence-electron chi connectivity index (χ2n) is 6.29. The van der Waals surface area contributed by atoms with Crippen LogP contribution in [0, 0.1) is 0 Å². The lowest BCUT2D eigenvalue weighted by molar-refractivity contribution is 0.143. The molecule has 0 radical (unpaired) electrons. The smallest absolute Gasteiger partial charge is 0.220 e. The maximum Gasteiger partial charge on any atom is 0.220 e. The van der Waals surface area contributed by atoms with E-state index < -0.39 is 0 Å². The number of ether oxygens (including phenoxy) is 2. The average Bonchev–Trinajstić information content (AvgIpc) is 3.35. The summed E-state index contributed by atoms with van der Waals surface area (Å²) in [6.07, 6.45) is 6.73. The summed E-state index contributed by atoms with van der Waals surface area (Å²) in [6.45, 7) is 3.54. The number of aromatic nitrogens is 2. The molecule has 1 aromatic heterocycles. The Kier molecular flexibility index (Phi) is 3.78. The highest BCUT2D eigenvalue weighted by atomic mass is 16.5. The highest BCUT2D eigenvalue weighted by Gasteiger charge is 2.30. The van der Waals surface area contributed by atoms with Crippen molar-refractivity contribution in [1.82, 2.24) is 15.3 Å². The summed E-state index contributed by atoms with van der Waals surface area (Å²) in [5.41, 5.74) is 2.34. The standard InChI is InChI=1S/C16H23N3O2/c1-2-12(10-17-7-1)21-16-13-5-8-20-9-6-14(13)18-15(19-16)11-3-4-11/h11-12,17H,1-10H2. The highest BCUT2D eigenvalue weighted by Crippen LogP contribution is 2.39. The van der Waals surface area contributed by atoms with Gasteiger partial charge in [-0.2, -0.15) is 4.98 Å². The minimum Gasteiger partial charge on any atom is -0.473 e. The van der Waals surface area contributed by atoms with Gasteiger partial charge in [-0.3, -0.25) is 0 Å². The number of fused-ring (bicyclic) bond motifs is 1. The first-order valence-corrected chi connectivity index (χ1v) is 8.25. The second kappa shape index (κ2) is 5.89. The van der Waals surface area contributed by atoms with Gasteiger partial charge < -0.3 is 14.8 Å². The van der Waals surface area contributed by atoms with E-state index in [2.05, 4.69) is 5.32 Å². The van der Waals surface area contributed by atoms with Crippen LogP contribution in [-0.4, -0.2) is 42.4 Å². The summed E-state index contributed by atoms with van der Waals surface area (Å²) >= 11 is 0. The van der Waals surface area contributed by atoms with Gasteiger partial charge in [-0.05, 0) is 32.2 Å². The molecule has 0 aromatic carbocycles. The molecule has 5 heteroatoms. The molecule has 2 aliphatic heterocycles. The number of hydrogen-bond donors (Lipinski definition) is 1. The van der Waals surface area contributed by atoms with E-state index in [0.717, 1.165) is 63.0 Å². The largest absolute Gasteiger partial charge is 0.473 e. The van der Waals surface area contributed by atoms with Gasteiger partial charge in [0.15, 0.2) is 0 Å². The van der Waals surface area contributed by atoms with Crippen LogP contribution in [0.15, 0.2) is 0 Å². The van der Waals surface area contributed by atoms with Crippen molar-refractivity contribution in [3.05, 3.63) is 17.1 Å². The van der Waals surface area contributed by atoms with Crippen molar-refractivity contribution < 1.29 is 9.47 Å². The molecule has 5 nitrogen and oxygen atoms in total. The van der Waals surface area contributed by atoms with Gasteiger partial charge in [0.05, 0.1) is 18.9 Å². The van der Waals surface area contributed by atoms with E-state index in [-0.39, 0.29) is 6.10 Å². The summed E-state index contributed by atoms with van der Waals surface area (Å²) in [4.78, 5) is 9.57. The molecule has 1 saturated carbocycles. The first-order chi connectivity index (χ1) is 10.4. The summed E-state index contributed by atoms with van der Waals surface area (Å²) < 4.78 is 11.9. The molecule has 1 aromatic rings. The van der Waals surface area contributed by atoms with Crippen molar-refractivity contribution in [1.29, 1.82) is 0 Å². The molecule has 1 aliphatic carbocycles. The van der Waals surface area contributed by atoms with Crippen LogP contribution >= 0.6 is 0 Å². The van der Waals surface area contributed by atoms with E-state index in [1.807, 2.05) is 0 Å². The fourth-order valence-corrected chi connectivity index (χ4v) is 3.13. The molecule has 2 fully saturated rings. The van der Waals surface area contributed by atoms with Gasteiger partial charge in [-0.25, -0.2) is 4.98 Å². The highest BCUT2D eigenvalue weighted by molar-refractivity contribution is 5.34. The van der Waals surface area contributed by atoms with Crippen LogP contribution in [0.4, 0.5) is 0 Å². The molecule has 1 atom stereocenters. The summed E-state index contributed by atoms with van der Waals surface area (Å²) in [6, 6.07) is 0. The molecule has 1 N–H and O–H groups in total. The Morgan fingerprint density at radius 3 is 2.81 bits per heavy atom. The zero-order valence-corrected chi connectivity index (χ0v) is 12.4. The van der Waals surface area contributed by atoms with Crippen LogP contribution in [0.2, 0.25) is 0 Å². The molecular formula is C16H23N3O2. The molecule has 4 rings (SSSR count). The van der Waals surface area contributed by atoms with Crippen molar-refractivity contribution in [3.8, 4) is 5.88 Å². The minimum absolute atomic E-state index is 0.244. The molecule has 114 valence electrons. The quantitative estimate of drug-likeness (QED) is 0.916. The molecule has 3 heterocycles. The van der Waals surface area contributed by atoms with Crippen molar-refractivity contribution in [2.45, 2.75) is 50.5 Å². The molecule has 21 heavy (non-hydrogen) atoms. The first kappa shape index (κ1) is 13.5. The monoisotopic (exact) mass is 289 g/mol. The van der Waals surface area contributed by atoms with Crippen molar-refractivity contribution in [2.24, 2.45) is 0 Å². The molecule has 0 spiro atoms. The van der Waals surface area contributed by atoms with E-state index >= 15 is 0 Å². The maximum absolute atomic E-state index is 6.26. The van der Waals surface area contributed by atoms with Crippen LogP contribution in [-0.2, 0) is 17.6 Å². The van der Waals surface area contributed by atoms with E-state index in [4.69, 9.17) is 19.4 Å². The first-order valence-electron chi connectivity index (χ1n) is 8.25. The predicted octanol–water partition coefficient (Wildman–Crippen LogP) is 1.60. The Morgan fingerprint density at radius 1 is 1.10 bits per heavy atom. The Hall–Kier alpha value is -1.20. The maximum atomic E-state index is 6.26. The van der Waals surface area contributed by atoms with Gasteiger partial charge in [0.25, 0.3) is 0 Å². The summed E-state index contributed by atoms with van der Waals surface area (Å²) in [7, 11) is 0. The van der Waals surface area contributed by atoms with Crippen molar-refractivity contribution >= 4 is 0 Å². The second-order valence-corrected chi connectivity index (χ2v) is 6.29. The van der Waals surface area contributed by atoms with Crippen LogP contribution in [0.1, 0.15) is 48.7 Å². The third-order valence-electron chi connectivity index (χ3n) is 4.52. The van der Waals surface area contributed by atoms with Crippen molar-refractivity contribution in [3.63, 3.8) is 0 Å².